The fourth-order valence-corrected chi connectivity index (χ4v) is 10.4. The van der Waals surface area contributed by atoms with Crippen LogP contribution in [0.15, 0.2) is 108 Å². The highest BCUT2D eigenvalue weighted by atomic mass is 16.6. The van der Waals surface area contributed by atoms with Crippen LogP contribution in [0.1, 0.15) is 87.6 Å². The number of hydrazine groups is 1. The Morgan fingerprint density at radius 1 is 0.738 bits per heavy atom. The van der Waals surface area contributed by atoms with E-state index < -0.39 is 48.0 Å². The summed E-state index contributed by atoms with van der Waals surface area (Å²) in [5, 5.41) is 21.3. The van der Waals surface area contributed by atoms with Gasteiger partial charge < -0.3 is 54.4 Å². The van der Waals surface area contributed by atoms with Crippen LogP contribution >= 0.6 is 0 Å². The van der Waals surface area contributed by atoms with Crippen molar-refractivity contribution < 1.29 is 62.4 Å². The minimum absolute atomic E-state index is 0.0316. The van der Waals surface area contributed by atoms with Crippen molar-refractivity contribution in [2.75, 3.05) is 72.1 Å². The fraction of sp³-hybridized carbons (Fsp3) is 0.435. The Hall–Kier alpha value is -8.47. The number of aryl methyl sites for hydroxylation is 1. The number of rotatable bonds is 29. The lowest BCUT2D eigenvalue weighted by atomic mass is 9.98. The number of likely N-dealkylation sites (tertiary alicyclic amines) is 1. The van der Waals surface area contributed by atoms with Crippen molar-refractivity contribution in [2.24, 2.45) is 10.9 Å². The molecule has 84 heavy (non-hydrogen) atoms. The molecule has 7 rings (SSSR count). The molecule has 0 unspecified atom stereocenters. The Kier molecular flexibility index (Phi) is 23.1. The van der Waals surface area contributed by atoms with Crippen molar-refractivity contribution in [3.63, 3.8) is 0 Å². The maximum atomic E-state index is 14.1. The first-order valence-electron chi connectivity index (χ1n) is 28.4. The van der Waals surface area contributed by atoms with Gasteiger partial charge in [-0.2, -0.15) is 4.99 Å². The van der Waals surface area contributed by atoms with E-state index in [1.54, 1.807) is 55.1 Å². The van der Waals surface area contributed by atoms with Gasteiger partial charge in [-0.25, -0.2) is 19.6 Å². The van der Waals surface area contributed by atoms with E-state index in [0.29, 0.717) is 50.3 Å². The van der Waals surface area contributed by atoms with Crippen LogP contribution in [0.3, 0.4) is 0 Å². The van der Waals surface area contributed by atoms with E-state index in [9.17, 15) is 38.4 Å². The van der Waals surface area contributed by atoms with Crippen molar-refractivity contribution in [1.29, 1.82) is 0 Å². The first kappa shape index (κ1) is 63.1. The number of anilines is 1. The lowest BCUT2D eigenvalue weighted by Gasteiger charge is -2.39. The van der Waals surface area contributed by atoms with E-state index in [4.69, 9.17) is 24.1 Å². The summed E-state index contributed by atoms with van der Waals surface area (Å²) >= 11 is 0. The van der Waals surface area contributed by atoms with Crippen LogP contribution in [0.2, 0.25) is 0 Å². The minimum Gasteiger partial charge on any atom is -0.481 e. The number of aliphatic imine (C=N–C) groups is 1. The summed E-state index contributed by atoms with van der Waals surface area (Å²) in [5.41, 5.74) is 7.50. The van der Waals surface area contributed by atoms with E-state index in [2.05, 4.69) is 62.6 Å². The van der Waals surface area contributed by atoms with Gasteiger partial charge >= 0.3 is 18.2 Å². The van der Waals surface area contributed by atoms with Crippen molar-refractivity contribution in [1.82, 2.24) is 35.0 Å². The van der Waals surface area contributed by atoms with Gasteiger partial charge in [0.25, 0.3) is 0 Å². The molecule has 2 heterocycles. The number of piperidine rings is 1. The maximum Gasteiger partial charge on any atom is 0.433 e. The van der Waals surface area contributed by atoms with Crippen LogP contribution in [0.5, 0.6) is 0 Å². The molecule has 0 bridgehead atoms. The standard InChI is InChI=1S/C62H77N9O13/c1-41(2)58(60(78)64-42(3)59(77)65-45-21-19-43(20-22-45)39-83-61(79)63-4)66-54(72)23-24-56(74)71(32-34-82-36-35-81-33-28-57(75)76)46-25-29-69(30-26-46)55(73)27-31-70-47(37-44-13-7-12-18-53(44)70)38-67(5)68(6)62(80)84-40-52-50-16-10-8-14-48(50)49-15-9-11-17-51(49)52/h7-22,37,41-42,46,52,58H,4,23-36,38-40H2,1-3,5-6H3,(H,64,78)(H,65,77)(H,66,72)(H,75,76)/t42-,58-/m0/s1. The van der Waals surface area contributed by atoms with Gasteiger partial charge in [0, 0.05) is 88.4 Å². The van der Waals surface area contributed by atoms with Crippen molar-refractivity contribution in [2.45, 2.75) is 103 Å². The number of carbonyl (C=O) groups excluding carboxylic acids is 7. The molecule has 448 valence electrons. The summed E-state index contributed by atoms with van der Waals surface area (Å²) in [6, 6.07) is 30.6. The van der Waals surface area contributed by atoms with Gasteiger partial charge in [0.15, 0.2) is 0 Å². The normalized spacial score (nSPS) is 13.8. The Balaban J connectivity index is 0.904. The number of ether oxygens (including phenoxy) is 4. The summed E-state index contributed by atoms with van der Waals surface area (Å²) in [6.45, 7) is 10.5. The molecule has 1 aromatic heterocycles. The van der Waals surface area contributed by atoms with E-state index in [1.807, 2.05) is 60.5 Å². The zero-order chi connectivity index (χ0) is 60.3. The number of aromatic nitrogens is 1. The number of carboxylic acid groups (broad SMARTS) is 1. The molecule has 22 nitrogen and oxygen atoms in total. The van der Waals surface area contributed by atoms with E-state index in [1.165, 1.54) is 11.9 Å². The lowest BCUT2D eigenvalue weighted by Crippen LogP contribution is -2.54. The second-order valence-electron chi connectivity index (χ2n) is 21.2. The summed E-state index contributed by atoms with van der Waals surface area (Å²) < 4.78 is 24.1. The van der Waals surface area contributed by atoms with E-state index in [-0.39, 0.29) is 102 Å². The van der Waals surface area contributed by atoms with Crippen LogP contribution in [0.25, 0.3) is 22.0 Å². The SMILES string of the molecule is C=NC(=O)OCc1ccc(NC(=O)[C@H](C)NC(=O)[C@@H](NC(=O)CCC(=O)N(CCOCCOCCC(=O)O)C2CCN(C(=O)CCn3c(CN(C)N(C)C(=O)OCC4c5ccccc5-c5ccccc54)cc4ccccc43)CC2)C(C)C)cc1. The van der Waals surface area contributed by atoms with Gasteiger partial charge in [-0.15, -0.1) is 0 Å². The Morgan fingerprint density at radius 3 is 2.04 bits per heavy atom. The van der Waals surface area contributed by atoms with Crippen LogP contribution in [-0.4, -0.2) is 169 Å². The number of aliphatic carboxylic acids is 1. The number of nitrogens with zero attached hydrogens (tertiary/aromatic N) is 6. The molecule has 0 radical (unpaired) electrons. The Labute approximate surface area is 489 Å². The molecule has 1 aliphatic carbocycles. The van der Waals surface area contributed by atoms with Crippen molar-refractivity contribution in [3.8, 4) is 11.1 Å². The lowest BCUT2D eigenvalue weighted by molar-refractivity contribution is -0.139. The number of benzene rings is 4. The topological polar surface area (TPSA) is 260 Å². The number of para-hydroxylation sites is 1. The second kappa shape index (κ2) is 30.7. The zero-order valence-electron chi connectivity index (χ0n) is 48.5. The first-order chi connectivity index (χ1) is 40.4. The van der Waals surface area contributed by atoms with Crippen molar-refractivity contribution in [3.05, 3.63) is 126 Å². The number of fused-ring (bicyclic) bond motifs is 4. The summed E-state index contributed by atoms with van der Waals surface area (Å²) in [7, 11) is 3.50. The van der Waals surface area contributed by atoms with Gasteiger partial charge in [0.05, 0.1) is 39.4 Å². The third kappa shape index (κ3) is 17.3. The highest BCUT2D eigenvalue weighted by Gasteiger charge is 2.33. The number of carboxylic acids is 1. The molecule has 1 fully saturated rings. The average Bonchev–Trinajstić information content (AvgIpc) is 3.96. The second-order valence-corrected chi connectivity index (χ2v) is 21.2. The molecule has 7 amide bonds. The van der Waals surface area contributed by atoms with Crippen LogP contribution < -0.4 is 16.0 Å². The summed E-state index contributed by atoms with van der Waals surface area (Å²) in [6.07, 6.45) is -0.683. The highest BCUT2D eigenvalue weighted by Crippen LogP contribution is 2.44. The Bertz CT molecular complexity index is 3080. The molecule has 1 saturated heterocycles. The molecule has 22 heteroatoms. The summed E-state index contributed by atoms with van der Waals surface area (Å²) in [5.74, 6) is -3.42. The molecule has 1 aliphatic heterocycles. The third-order valence-electron chi connectivity index (χ3n) is 15.1. The van der Waals surface area contributed by atoms with Gasteiger partial charge in [0.2, 0.25) is 29.5 Å². The molecule has 4 N–H and O–H groups in total. The molecule has 4 aromatic carbocycles. The molecular weight excluding hydrogens is 1080 g/mol. The molecular formula is C62H77N9O13. The minimum atomic E-state index is -1.02. The van der Waals surface area contributed by atoms with Crippen LogP contribution in [-0.2, 0) is 67.4 Å². The summed E-state index contributed by atoms with van der Waals surface area (Å²) in [4.78, 5) is 111. The van der Waals surface area contributed by atoms with Gasteiger partial charge in [-0.3, -0.25) is 28.8 Å². The number of hydrogen-bond acceptors (Lipinski definition) is 13. The zero-order valence-corrected chi connectivity index (χ0v) is 48.5. The molecule has 0 spiro atoms. The molecule has 0 saturated carbocycles. The van der Waals surface area contributed by atoms with Crippen molar-refractivity contribution >= 4 is 71.0 Å². The monoisotopic (exact) mass is 1160 g/mol. The van der Waals surface area contributed by atoms with Crippen LogP contribution in [0, 0.1) is 5.92 Å². The average molecular weight is 1160 g/mol. The van der Waals surface area contributed by atoms with Gasteiger partial charge in [-0.1, -0.05) is 92.7 Å². The quantitative estimate of drug-likeness (QED) is 0.0214. The molecule has 2 atom stereocenters. The number of amides is 7. The fourth-order valence-electron chi connectivity index (χ4n) is 10.4. The molecule has 5 aromatic rings. The first-order valence-corrected chi connectivity index (χ1v) is 28.4. The highest BCUT2D eigenvalue weighted by molar-refractivity contribution is 5.98. The maximum absolute atomic E-state index is 14.1. The van der Waals surface area contributed by atoms with Gasteiger partial charge in [-0.05, 0) is 89.9 Å². The van der Waals surface area contributed by atoms with E-state index in [0.717, 1.165) is 38.9 Å². The third-order valence-corrected chi connectivity index (χ3v) is 15.1. The number of hydrogen-bond donors (Lipinski definition) is 4. The van der Waals surface area contributed by atoms with E-state index >= 15 is 0 Å². The smallest absolute Gasteiger partial charge is 0.433 e. The van der Waals surface area contributed by atoms with Crippen LogP contribution in [0.4, 0.5) is 15.3 Å². The predicted molar refractivity (Wildman–Crippen MR) is 314 cm³/mol. The number of carbonyl (C=O) groups is 8. The largest absolute Gasteiger partial charge is 0.481 e. The van der Waals surface area contributed by atoms with Gasteiger partial charge in [0.1, 0.15) is 25.3 Å². The Morgan fingerprint density at radius 2 is 1.38 bits per heavy atom. The number of nitrogens with one attached hydrogen (secondary N) is 3. The molecule has 2 aliphatic rings. The predicted octanol–water partition coefficient (Wildman–Crippen LogP) is 6.99.